The lowest BCUT2D eigenvalue weighted by molar-refractivity contribution is -0.197. The first-order chi connectivity index (χ1) is 10.2. The molecule has 1 amide bonds. The standard InChI is InChI=1S/C14H15ClF2N2O3/c1-8-5-10(15)3-4-11(8)22-7-12(20)19-14(21,13(16)17)6-9(2)18-19/h3-5,13,18,21H,2,6-7H2,1H3. The van der Waals surface area contributed by atoms with E-state index in [-0.39, 0.29) is 5.70 Å². The Hall–Kier alpha value is -1.86. The van der Waals surface area contributed by atoms with Gasteiger partial charge in [-0.3, -0.25) is 10.2 Å². The smallest absolute Gasteiger partial charge is 0.287 e. The first-order valence-corrected chi connectivity index (χ1v) is 6.79. The Bertz CT molecular complexity index is 612. The van der Waals surface area contributed by atoms with Gasteiger partial charge in [0.2, 0.25) is 5.72 Å². The number of amides is 1. The zero-order chi connectivity index (χ0) is 16.5. The molecule has 0 aromatic heterocycles. The highest BCUT2D eigenvalue weighted by molar-refractivity contribution is 6.30. The van der Waals surface area contributed by atoms with Gasteiger partial charge in [0.05, 0.1) is 0 Å². The predicted molar refractivity (Wildman–Crippen MR) is 76.4 cm³/mol. The number of nitrogens with zero attached hydrogens (tertiary/aromatic N) is 1. The van der Waals surface area contributed by atoms with Crippen LogP contribution in [0, 0.1) is 6.92 Å². The molecule has 0 bridgehead atoms. The molecule has 1 aliphatic heterocycles. The minimum Gasteiger partial charge on any atom is -0.483 e. The maximum atomic E-state index is 13.0. The van der Waals surface area contributed by atoms with Gasteiger partial charge in [-0.1, -0.05) is 18.2 Å². The van der Waals surface area contributed by atoms with Crippen LogP contribution in [0.5, 0.6) is 5.75 Å². The van der Waals surface area contributed by atoms with E-state index in [1.54, 1.807) is 25.1 Å². The van der Waals surface area contributed by atoms with E-state index in [2.05, 4.69) is 12.0 Å². The zero-order valence-corrected chi connectivity index (χ0v) is 12.5. The molecule has 1 unspecified atom stereocenters. The minimum absolute atomic E-state index is 0.124. The van der Waals surface area contributed by atoms with E-state index in [0.717, 1.165) is 0 Å². The van der Waals surface area contributed by atoms with E-state index < -0.39 is 31.1 Å². The van der Waals surface area contributed by atoms with E-state index in [4.69, 9.17) is 16.3 Å². The third kappa shape index (κ3) is 3.15. The second kappa shape index (κ2) is 6.10. The number of ether oxygens (including phenoxy) is 1. The molecule has 5 nitrogen and oxygen atoms in total. The second-order valence-electron chi connectivity index (χ2n) is 5.00. The number of carbonyl (C=O) groups is 1. The van der Waals surface area contributed by atoms with Gasteiger partial charge in [0, 0.05) is 17.1 Å². The van der Waals surface area contributed by atoms with Gasteiger partial charge in [-0.15, -0.1) is 0 Å². The number of halogens is 3. The summed E-state index contributed by atoms with van der Waals surface area (Å²) in [5, 5.41) is 10.9. The Kier molecular flexibility index (Phi) is 4.58. The van der Waals surface area contributed by atoms with Crippen molar-refractivity contribution in [3.63, 3.8) is 0 Å². The molecule has 0 aliphatic carbocycles. The third-order valence-corrected chi connectivity index (χ3v) is 3.45. The Morgan fingerprint density at radius 1 is 1.64 bits per heavy atom. The van der Waals surface area contributed by atoms with Crippen molar-refractivity contribution in [1.82, 2.24) is 10.4 Å². The maximum Gasteiger partial charge on any atom is 0.287 e. The Labute approximate surface area is 131 Å². The van der Waals surface area contributed by atoms with Crippen molar-refractivity contribution in [2.45, 2.75) is 25.5 Å². The number of rotatable bonds is 4. The summed E-state index contributed by atoms with van der Waals surface area (Å²) < 4.78 is 31.3. The summed E-state index contributed by atoms with van der Waals surface area (Å²) in [6, 6.07) is 4.80. The molecule has 0 saturated carbocycles. The molecule has 2 rings (SSSR count). The minimum atomic E-state index is -3.14. The fraction of sp³-hybridized carbons (Fsp3) is 0.357. The number of benzene rings is 1. The highest BCUT2D eigenvalue weighted by Gasteiger charge is 2.51. The van der Waals surface area contributed by atoms with Crippen molar-refractivity contribution in [1.29, 1.82) is 0 Å². The molecule has 1 aromatic carbocycles. The number of nitrogens with one attached hydrogen (secondary N) is 1. The van der Waals surface area contributed by atoms with Crippen LogP contribution in [0.1, 0.15) is 12.0 Å². The quantitative estimate of drug-likeness (QED) is 0.887. The van der Waals surface area contributed by atoms with Gasteiger partial charge in [0.15, 0.2) is 6.61 Å². The molecule has 2 N–H and O–H groups in total. The van der Waals surface area contributed by atoms with Crippen LogP contribution < -0.4 is 10.2 Å². The van der Waals surface area contributed by atoms with E-state index in [9.17, 15) is 18.7 Å². The lowest BCUT2D eigenvalue weighted by Gasteiger charge is -2.31. The molecule has 120 valence electrons. The summed E-state index contributed by atoms with van der Waals surface area (Å²) in [4.78, 5) is 12.0. The number of aliphatic hydroxyl groups is 1. The summed E-state index contributed by atoms with van der Waals surface area (Å²) in [5.41, 5.74) is 0.547. The molecule has 1 heterocycles. The largest absolute Gasteiger partial charge is 0.483 e. The van der Waals surface area contributed by atoms with Gasteiger partial charge >= 0.3 is 0 Å². The SMILES string of the molecule is C=C1CC(O)(C(F)F)N(C(=O)COc2ccc(Cl)cc2C)N1. The van der Waals surface area contributed by atoms with Crippen LogP contribution in [-0.4, -0.2) is 34.8 Å². The summed E-state index contributed by atoms with van der Waals surface area (Å²) in [6.07, 6.45) is -3.59. The van der Waals surface area contributed by atoms with Gasteiger partial charge in [0.1, 0.15) is 5.75 Å². The predicted octanol–water partition coefficient (Wildman–Crippen LogP) is 2.23. The topological polar surface area (TPSA) is 61.8 Å². The van der Waals surface area contributed by atoms with E-state index in [0.29, 0.717) is 21.3 Å². The van der Waals surface area contributed by atoms with E-state index >= 15 is 0 Å². The lowest BCUT2D eigenvalue weighted by Crippen LogP contribution is -2.57. The van der Waals surface area contributed by atoms with Crippen LogP contribution in [-0.2, 0) is 4.79 Å². The van der Waals surface area contributed by atoms with Crippen molar-refractivity contribution in [2.24, 2.45) is 0 Å². The molecule has 22 heavy (non-hydrogen) atoms. The summed E-state index contributed by atoms with van der Waals surface area (Å²) >= 11 is 5.80. The number of carbonyl (C=O) groups excluding carboxylic acids is 1. The van der Waals surface area contributed by atoms with Crippen molar-refractivity contribution in [3.8, 4) is 5.75 Å². The molecule has 0 radical (unpaired) electrons. The highest BCUT2D eigenvalue weighted by atomic mass is 35.5. The van der Waals surface area contributed by atoms with Crippen molar-refractivity contribution >= 4 is 17.5 Å². The number of aryl methyl sites for hydroxylation is 1. The first-order valence-electron chi connectivity index (χ1n) is 6.41. The van der Waals surface area contributed by atoms with Crippen LogP contribution in [0.15, 0.2) is 30.5 Å². The maximum absolute atomic E-state index is 13.0. The Morgan fingerprint density at radius 3 is 2.91 bits per heavy atom. The van der Waals surface area contributed by atoms with Crippen LogP contribution in [0.25, 0.3) is 0 Å². The second-order valence-corrected chi connectivity index (χ2v) is 5.44. The fourth-order valence-corrected chi connectivity index (χ4v) is 2.35. The molecular formula is C14H15ClF2N2O3. The molecule has 0 spiro atoms. The van der Waals surface area contributed by atoms with E-state index in [1.807, 2.05) is 0 Å². The first kappa shape index (κ1) is 16.5. The monoisotopic (exact) mass is 332 g/mol. The van der Waals surface area contributed by atoms with Gasteiger partial charge < -0.3 is 9.84 Å². The summed E-state index contributed by atoms with van der Waals surface area (Å²) in [7, 11) is 0. The van der Waals surface area contributed by atoms with Crippen molar-refractivity contribution in [2.75, 3.05) is 6.61 Å². The lowest BCUT2D eigenvalue weighted by atomic mass is 10.1. The molecule has 1 saturated heterocycles. The van der Waals surface area contributed by atoms with Gasteiger partial charge in [-0.2, -0.15) is 0 Å². The molecule has 1 fully saturated rings. The average Bonchev–Trinajstić information content (AvgIpc) is 2.74. The molecule has 8 heteroatoms. The molecular weight excluding hydrogens is 318 g/mol. The van der Waals surface area contributed by atoms with Crippen LogP contribution >= 0.6 is 11.6 Å². The Balaban J connectivity index is 2.07. The van der Waals surface area contributed by atoms with Crippen molar-refractivity contribution in [3.05, 3.63) is 41.1 Å². The van der Waals surface area contributed by atoms with Crippen LogP contribution in [0.2, 0.25) is 5.02 Å². The zero-order valence-electron chi connectivity index (χ0n) is 11.8. The van der Waals surface area contributed by atoms with E-state index in [1.165, 1.54) is 0 Å². The molecule has 1 atom stereocenters. The number of hydrazine groups is 1. The fourth-order valence-electron chi connectivity index (χ4n) is 2.12. The van der Waals surface area contributed by atoms with Crippen LogP contribution in [0.3, 0.4) is 0 Å². The summed E-state index contributed by atoms with van der Waals surface area (Å²) in [6.45, 7) is 4.67. The number of hydrogen-bond donors (Lipinski definition) is 2. The van der Waals surface area contributed by atoms with Crippen molar-refractivity contribution < 1.29 is 23.4 Å². The molecule has 1 aromatic rings. The Morgan fingerprint density at radius 2 is 2.32 bits per heavy atom. The van der Waals surface area contributed by atoms with Gasteiger partial charge in [-0.25, -0.2) is 13.8 Å². The third-order valence-electron chi connectivity index (χ3n) is 3.22. The normalized spacial score (nSPS) is 21.2. The van der Waals surface area contributed by atoms with Gasteiger partial charge in [0.25, 0.3) is 12.3 Å². The summed E-state index contributed by atoms with van der Waals surface area (Å²) in [5.74, 6) is -0.438. The van der Waals surface area contributed by atoms with Crippen LogP contribution in [0.4, 0.5) is 8.78 Å². The number of alkyl halides is 2. The molecule has 1 aliphatic rings. The highest BCUT2D eigenvalue weighted by Crippen LogP contribution is 2.32. The average molecular weight is 333 g/mol. The number of hydrogen-bond acceptors (Lipinski definition) is 4. The van der Waals surface area contributed by atoms with Gasteiger partial charge in [-0.05, 0) is 30.7 Å².